The zero-order chi connectivity index (χ0) is 20.8. The SMILES string of the molecule is COC(=O)C=C(C)C=CC=C(C)c1ccc2c(c1)N(C(C)C)CCN2C(C)C. The summed E-state index contributed by atoms with van der Waals surface area (Å²) in [5.41, 5.74) is 5.90. The van der Waals surface area contributed by atoms with Crippen LogP contribution in [0.2, 0.25) is 0 Å². The second kappa shape index (κ2) is 9.63. The van der Waals surface area contributed by atoms with Crippen LogP contribution in [0.1, 0.15) is 47.1 Å². The van der Waals surface area contributed by atoms with Crippen molar-refractivity contribution in [1.82, 2.24) is 0 Å². The Balaban J connectivity index is 2.31. The Bertz CT molecular complexity index is 788. The van der Waals surface area contributed by atoms with E-state index >= 15 is 0 Å². The normalized spacial score (nSPS) is 15.6. The van der Waals surface area contributed by atoms with Crippen molar-refractivity contribution >= 4 is 22.9 Å². The van der Waals surface area contributed by atoms with E-state index in [0.29, 0.717) is 12.1 Å². The van der Waals surface area contributed by atoms with Gasteiger partial charge in [-0.25, -0.2) is 4.79 Å². The van der Waals surface area contributed by atoms with E-state index in [1.165, 1.54) is 35.7 Å². The summed E-state index contributed by atoms with van der Waals surface area (Å²) in [6.07, 6.45) is 7.46. The van der Waals surface area contributed by atoms with Crippen molar-refractivity contribution in [3.8, 4) is 0 Å². The van der Waals surface area contributed by atoms with E-state index in [0.717, 1.165) is 18.7 Å². The minimum Gasteiger partial charge on any atom is -0.466 e. The number of rotatable bonds is 6. The molecule has 0 saturated heterocycles. The van der Waals surface area contributed by atoms with Crippen LogP contribution in [0.3, 0.4) is 0 Å². The molecule has 0 unspecified atom stereocenters. The first-order valence-corrected chi connectivity index (χ1v) is 10.0. The highest BCUT2D eigenvalue weighted by atomic mass is 16.5. The highest BCUT2D eigenvalue weighted by molar-refractivity contribution is 5.83. The molecule has 1 heterocycles. The molecule has 0 aromatic heterocycles. The molecule has 0 atom stereocenters. The van der Waals surface area contributed by atoms with Gasteiger partial charge in [-0.1, -0.05) is 24.3 Å². The van der Waals surface area contributed by atoms with E-state index in [1.807, 2.05) is 19.1 Å². The van der Waals surface area contributed by atoms with E-state index in [1.54, 1.807) is 0 Å². The van der Waals surface area contributed by atoms with E-state index in [-0.39, 0.29) is 5.97 Å². The van der Waals surface area contributed by atoms with Crippen LogP contribution in [-0.2, 0) is 9.53 Å². The van der Waals surface area contributed by atoms with Crippen LogP contribution in [0.4, 0.5) is 11.4 Å². The summed E-state index contributed by atoms with van der Waals surface area (Å²) in [5.74, 6) is -0.332. The van der Waals surface area contributed by atoms with E-state index < -0.39 is 0 Å². The summed E-state index contributed by atoms with van der Waals surface area (Å²) in [5, 5.41) is 0. The highest BCUT2D eigenvalue weighted by Gasteiger charge is 2.25. The van der Waals surface area contributed by atoms with Crippen LogP contribution >= 0.6 is 0 Å². The summed E-state index contributed by atoms with van der Waals surface area (Å²) in [6.45, 7) is 15.1. The van der Waals surface area contributed by atoms with Crippen LogP contribution < -0.4 is 9.80 Å². The number of hydrogen-bond acceptors (Lipinski definition) is 4. The maximum absolute atomic E-state index is 11.3. The van der Waals surface area contributed by atoms with Gasteiger partial charge >= 0.3 is 5.97 Å². The Kier molecular flexibility index (Phi) is 7.50. The Morgan fingerprint density at radius 3 is 2.21 bits per heavy atom. The fraction of sp³-hybridized carbons (Fsp3) is 0.458. The van der Waals surface area contributed by atoms with E-state index in [4.69, 9.17) is 0 Å². The minimum atomic E-state index is -0.332. The van der Waals surface area contributed by atoms with E-state index in [2.05, 4.69) is 73.4 Å². The zero-order valence-corrected chi connectivity index (χ0v) is 18.3. The molecule has 4 heteroatoms. The quantitative estimate of drug-likeness (QED) is 0.384. The Morgan fingerprint density at radius 1 is 1.04 bits per heavy atom. The monoisotopic (exact) mass is 382 g/mol. The predicted molar refractivity (Wildman–Crippen MR) is 120 cm³/mol. The predicted octanol–water partition coefficient (Wildman–Crippen LogP) is 5.21. The lowest BCUT2D eigenvalue weighted by Gasteiger charge is -2.43. The molecule has 28 heavy (non-hydrogen) atoms. The molecule has 0 saturated carbocycles. The molecule has 0 amide bonds. The summed E-state index contributed by atoms with van der Waals surface area (Å²) in [7, 11) is 1.39. The fourth-order valence-electron chi connectivity index (χ4n) is 3.50. The number of ether oxygens (including phenoxy) is 1. The number of anilines is 2. The Labute approximate surface area is 170 Å². The maximum atomic E-state index is 11.3. The average molecular weight is 383 g/mol. The molecule has 0 radical (unpaired) electrons. The van der Waals surface area contributed by atoms with Crippen molar-refractivity contribution in [1.29, 1.82) is 0 Å². The largest absolute Gasteiger partial charge is 0.466 e. The number of hydrogen-bond donors (Lipinski definition) is 0. The fourth-order valence-corrected chi connectivity index (χ4v) is 3.50. The molecule has 0 bridgehead atoms. The molecular formula is C24H34N2O2. The number of carbonyl (C=O) groups is 1. The molecule has 1 aliphatic rings. The Hall–Kier alpha value is -2.49. The van der Waals surface area contributed by atoms with Crippen LogP contribution in [0, 0.1) is 0 Å². The zero-order valence-electron chi connectivity index (χ0n) is 18.3. The van der Waals surface area contributed by atoms with Gasteiger partial charge in [-0.15, -0.1) is 0 Å². The number of carbonyl (C=O) groups excluding carboxylic acids is 1. The number of allylic oxidation sites excluding steroid dienone is 5. The molecular weight excluding hydrogens is 348 g/mol. The first-order valence-electron chi connectivity index (χ1n) is 10.0. The van der Waals surface area contributed by atoms with Gasteiger partial charge in [0.25, 0.3) is 0 Å². The van der Waals surface area contributed by atoms with Crippen LogP contribution in [0.25, 0.3) is 5.57 Å². The van der Waals surface area contributed by atoms with Gasteiger partial charge in [0.05, 0.1) is 18.5 Å². The van der Waals surface area contributed by atoms with Crippen LogP contribution in [0.15, 0.2) is 48.1 Å². The van der Waals surface area contributed by atoms with Crippen molar-refractivity contribution < 1.29 is 9.53 Å². The smallest absolute Gasteiger partial charge is 0.330 e. The van der Waals surface area contributed by atoms with Crippen molar-refractivity contribution in [3.63, 3.8) is 0 Å². The van der Waals surface area contributed by atoms with Gasteiger partial charge in [0.2, 0.25) is 0 Å². The summed E-state index contributed by atoms with van der Waals surface area (Å²) < 4.78 is 4.65. The second-order valence-corrected chi connectivity index (χ2v) is 7.90. The summed E-state index contributed by atoms with van der Waals surface area (Å²) >= 11 is 0. The number of methoxy groups -OCH3 is 1. The molecule has 0 aliphatic carbocycles. The lowest BCUT2D eigenvalue weighted by molar-refractivity contribution is -0.134. The number of fused-ring (bicyclic) bond motifs is 1. The Morgan fingerprint density at radius 2 is 1.64 bits per heavy atom. The third-order valence-electron chi connectivity index (χ3n) is 5.13. The number of benzene rings is 1. The molecule has 152 valence electrons. The average Bonchev–Trinajstić information content (AvgIpc) is 2.65. The van der Waals surface area contributed by atoms with Gasteiger partial charge in [-0.3, -0.25) is 0 Å². The third kappa shape index (κ3) is 5.28. The summed E-state index contributed by atoms with van der Waals surface area (Å²) in [6, 6.07) is 7.72. The summed E-state index contributed by atoms with van der Waals surface area (Å²) in [4.78, 5) is 16.3. The van der Waals surface area contributed by atoms with Gasteiger partial charge in [0, 0.05) is 31.2 Å². The maximum Gasteiger partial charge on any atom is 0.330 e. The van der Waals surface area contributed by atoms with Crippen LogP contribution in [0.5, 0.6) is 0 Å². The molecule has 4 nitrogen and oxygen atoms in total. The van der Waals surface area contributed by atoms with Gasteiger partial charge in [0.1, 0.15) is 0 Å². The molecule has 1 aromatic carbocycles. The van der Waals surface area contributed by atoms with E-state index in [9.17, 15) is 4.79 Å². The van der Waals surface area contributed by atoms with Gasteiger partial charge in [-0.2, -0.15) is 0 Å². The lowest BCUT2D eigenvalue weighted by Crippen LogP contribution is -2.46. The van der Waals surface area contributed by atoms with Crippen LogP contribution in [-0.4, -0.2) is 38.3 Å². The molecule has 2 rings (SSSR count). The second-order valence-electron chi connectivity index (χ2n) is 7.90. The van der Waals surface area contributed by atoms with Crippen molar-refractivity contribution in [2.24, 2.45) is 0 Å². The minimum absolute atomic E-state index is 0.332. The molecule has 0 N–H and O–H groups in total. The van der Waals surface area contributed by atoms with Gasteiger partial charge in [-0.05, 0) is 70.4 Å². The first kappa shape index (κ1) is 21.8. The molecule has 1 aliphatic heterocycles. The van der Waals surface area contributed by atoms with Crippen molar-refractivity contribution in [2.75, 3.05) is 30.0 Å². The highest BCUT2D eigenvalue weighted by Crippen LogP contribution is 2.37. The first-order chi connectivity index (χ1) is 13.2. The molecule has 0 fully saturated rings. The number of nitrogens with zero attached hydrogens (tertiary/aromatic N) is 2. The van der Waals surface area contributed by atoms with Crippen molar-refractivity contribution in [3.05, 3.63) is 53.6 Å². The van der Waals surface area contributed by atoms with Gasteiger partial charge < -0.3 is 14.5 Å². The molecule has 1 aromatic rings. The topological polar surface area (TPSA) is 32.8 Å². The van der Waals surface area contributed by atoms with Gasteiger partial charge in [0.15, 0.2) is 0 Å². The number of esters is 1. The lowest BCUT2D eigenvalue weighted by atomic mass is 10.0. The molecule has 0 spiro atoms. The third-order valence-corrected chi connectivity index (χ3v) is 5.13. The standard InChI is InChI=1S/C24H34N2O2/c1-17(2)25-13-14-26(18(3)4)23-16-21(11-12-22(23)25)20(6)10-8-9-19(5)15-24(27)28-7/h8-12,15-18H,13-14H2,1-7H3. The van der Waals surface area contributed by atoms with Crippen molar-refractivity contribution in [2.45, 2.75) is 53.6 Å².